The smallest absolute Gasteiger partial charge is 0.870 e. The molecule has 384 valence electrons. The van der Waals surface area contributed by atoms with E-state index in [1.165, 1.54) is 32.4 Å². The van der Waals surface area contributed by atoms with Crippen LogP contribution in [-0.4, -0.2) is 109 Å². The Hall–Kier alpha value is -7.50. The second kappa shape index (κ2) is 27.0. The molecule has 0 saturated carbocycles. The van der Waals surface area contributed by atoms with E-state index in [-0.39, 0.29) is 77.8 Å². The number of aryl methyl sites for hydroxylation is 2. The van der Waals surface area contributed by atoms with E-state index in [4.69, 9.17) is 22.3 Å². The Morgan fingerprint density at radius 3 is 1.22 bits per heavy atom. The molecule has 0 bridgehead atoms. The number of carbonyl (C=O) groups is 4. The van der Waals surface area contributed by atoms with Gasteiger partial charge in [-0.2, -0.15) is 0 Å². The standard InChI is InChI=1S/C28H30N2O6S.C26H26N2O6S.Li.H2O/c1-6-17-29(21(3)18-27(31)35-4)24-15-16-25(23-13-9-8-12-22(23)24)30(19-28(32)36-5)37(33,34)26-14-10-7-11-20(26)2;1-4-15-27(19(3)16-25(29)30)22-13-14-23(21-11-7-6-10-20(21)22)28(17-26(31)32)35(33,34)24-12-8-5-9-18(24)2;;/h1,7-16,21H,17-19H2,2-5H3;1,5-14,19H,15-17H2,2-3H3,(H,29,30)(H,31,32);;1H2/q;;+1;/p-1/t21-;19-;;/m00../s1. The van der Waals surface area contributed by atoms with E-state index in [9.17, 15) is 46.2 Å². The molecule has 6 aromatic carbocycles. The number of aliphatic carboxylic acids is 2. The van der Waals surface area contributed by atoms with Crippen molar-refractivity contribution in [2.75, 3.05) is 58.8 Å². The first-order valence-electron chi connectivity index (χ1n) is 22.4. The molecule has 3 N–H and O–H groups in total. The number of esters is 2. The van der Waals surface area contributed by atoms with Crippen molar-refractivity contribution < 1.29 is 80.0 Å². The summed E-state index contributed by atoms with van der Waals surface area (Å²) in [4.78, 5) is 51.2. The number of carboxylic acids is 2. The van der Waals surface area contributed by atoms with Crippen molar-refractivity contribution in [3.63, 3.8) is 0 Å². The quantitative estimate of drug-likeness (QED) is 0.0610. The molecule has 2 atom stereocenters. The molecule has 0 radical (unpaired) electrons. The molecule has 0 fully saturated rings. The van der Waals surface area contributed by atoms with Crippen LogP contribution in [-0.2, 0) is 48.7 Å². The zero-order chi connectivity index (χ0) is 52.9. The summed E-state index contributed by atoms with van der Waals surface area (Å²) in [5, 5.41) is 21.3. The fraction of sp³-hybridized carbons (Fsp3) is 0.259. The summed E-state index contributed by atoms with van der Waals surface area (Å²) in [5.74, 6) is 1.83. The minimum absolute atomic E-state index is 0. The van der Waals surface area contributed by atoms with E-state index < -0.39 is 57.1 Å². The van der Waals surface area contributed by atoms with E-state index in [1.807, 2.05) is 24.0 Å². The number of rotatable bonds is 20. The molecule has 0 spiro atoms. The van der Waals surface area contributed by atoms with Gasteiger partial charge in [-0.3, -0.25) is 27.8 Å². The minimum atomic E-state index is -4.22. The maximum Gasteiger partial charge on any atom is 1.00 e. The molecule has 0 unspecified atom stereocenters. The molecule has 74 heavy (non-hydrogen) atoms. The number of anilines is 4. The van der Waals surface area contributed by atoms with Crippen molar-refractivity contribution in [3.05, 3.63) is 132 Å². The fourth-order valence-corrected chi connectivity index (χ4v) is 11.6. The van der Waals surface area contributed by atoms with Crippen molar-refractivity contribution in [2.45, 2.75) is 62.4 Å². The number of ether oxygens (including phenoxy) is 2. The Labute approximate surface area is 444 Å². The minimum Gasteiger partial charge on any atom is -0.870 e. The summed E-state index contributed by atoms with van der Waals surface area (Å²) in [5.41, 5.74) is 2.90. The largest absolute Gasteiger partial charge is 1.00 e. The molecule has 17 nitrogen and oxygen atoms in total. The molecule has 6 rings (SSSR count). The number of methoxy groups -OCH3 is 2. The van der Waals surface area contributed by atoms with Crippen LogP contribution in [0.3, 0.4) is 0 Å². The van der Waals surface area contributed by atoms with Crippen LogP contribution in [0.1, 0.15) is 37.8 Å². The van der Waals surface area contributed by atoms with Crippen molar-refractivity contribution in [3.8, 4) is 24.7 Å². The first-order chi connectivity index (χ1) is 34.2. The van der Waals surface area contributed by atoms with Crippen LogP contribution in [0.5, 0.6) is 0 Å². The number of benzene rings is 6. The predicted molar refractivity (Wildman–Crippen MR) is 281 cm³/mol. The van der Waals surface area contributed by atoms with Crippen LogP contribution in [0.2, 0.25) is 0 Å². The van der Waals surface area contributed by atoms with Crippen LogP contribution >= 0.6 is 0 Å². The number of hydrogen-bond acceptors (Lipinski definition) is 13. The second-order valence-corrected chi connectivity index (χ2v) is 20.2. The van der Waals surface area contributed by atoms with Gasteiger partial charge in [0.05, 0.1) is 61.3 Å². The summed E-state index contributed by atoms with van der Waals surface area (Å²) in [6, 6.07) is 33.0. The van der Waals surface area contributed by atoms with Gasteiger partial charge in [-0.05, 0) is 75.2 Å². The molecule has 0 aromatic heterocycles. The van der Waals surface area contributed by atoms with E-state index in [0.717, 1.165) is 14.3 Å². The normalized spacial score (nSPS) is 11.6. The van der Waals surface area contributed by atoms with E-state index in [2.05, 4.69) is 11.8 Å². The van der Waals surface area contributed by atoms with Crippen LogP contribution in [0.4, 0.5) is 22.7 Å². The molecule has 6 aromatic rings. The monoisotopic (exact) mass is 1040 g/mol. The van der Waals surface area contributed by atoms with Gasteiger partial charge in [0.2, 0.25) is 0 Å². The van der Waals surface area contributed by atoms with Gasteiger partial charge in [0.25, 0.3) is 20.0 Å². The molecule has 0 aliphatic carbocycles. The van der Waals surface area contributed by atoms with Gasteiger partial charge in [-0.15, -0.1) is 12.8 Å². The van der Waals surface area contributed by atoms with E-state index >= 15 is 0 Å². The number of carbonyl (C=O) groups excluding carboxylic acids is 2. The van der Waals surface area contributed by atoms with Gasteiger partial charge in [-0.25, -0.2) is 16.8 Å². The van der Waals surface area contributed by atoms with Crippen LogP contribution in [0.25, 0.3) is 21.5 Å². The number of sulfonamides is 2. The van der Waals surface area contributed by atoms with Crippen molar-refractivity contribution in [1.29, 1.82) is 0 Å². The van der Waals surface area contributed by atoms with Gasteiger partial charge in [0.1, 0.15) is 13.1 Å². The molecule has 20 heteroatoms. The summed E-state index contributed by atoms with van der Waals surface area (Å²) < 4.78 is 66.6. The van der Waals surface area contributed by atoms with Gasteiger partial charge in [0.15, 0.2) is 0 Å². The second-order valence-electron chi connectivity index (χ2n) is 16.6. The summed E-state index contributed by atoms with van der Waals surface area (Å²) in [6.45, 7) is 6.02. The van der Waals surface area contributed by atoms with Crippen LogP contribution in [0.15, 0.2) is 131 Å². The number of fused-ring (bicyclic) bond motifs is 2. The number of terminal acetylenes is 2. The average Bonchev–Trinajstić information content (AvgIpc) is 3.35. The summed E-state index contributed by atoms with van der Waals surface area (Å²) in [6.07, 6.45) is 11.2. The van der Waals surface area contributed by atoms with Gasteiger partial charge in [0, 0.05) is 45.0 Å². The van der Waals surface area contributed by atoms with Crippen molar-refractivity contribution in [2.24, 2.45) is 0 Å². The number of carboxylic acid groups (broad SMARTS) is 2. The summed E-state index contributed by atoms with van der Waals surface area (Å²) >= 11 is 0. The van der Waals surface area contributed by atoms with E-state index in [1.54, 1.807) is 117 Å². The third-order valence-corrected chi connectivity index (χ3v) is 15.6. The predicted octanol–water partition coefficient (Wildman–Crippen LogP) is 4.47. The van der Waals surface area contributed by atoms with Gasteiger partial charge < -0.3 is 35.0 Å². The van der Waals surface area contributed by atoms with Crippen LogP contribution < -0.4 is 37.3 Å². The Bertz CT molecular complexity index is 3300. The van der Waals surface area contributed by atoms with Gasteiger partial charge in [-0.1, -0.05) is 96.8 Å². The zero-order valence-corrected chi connectivity index (χ0v) is 43.8. The van der Waals surface area contributed by atoms with E-state index in [0.29, 0.717) is 44.0 Å². The van der Waals surface area contributed by atoms with Crippen molar-refractivity contribution in [1.82, 2.24) is 0 Å². The third-order valence-electron chi connectivity index (χ3n) is 11.8. The third kappa shape index (κ3) is 14.0. The maximum atomic E-state index is 13.9. The molecule has 0 aliphatic heterocycles. The van der Waals surface area contributed by atoms with Crippen molar-refractivity contribution >= 4 is 88.2 Å². The topological polar surface area (TPSA) is 238 Å². The Kier molecular flexibility index (Phi) is 22.2. The molecular formula is C54H57LiN4O13S2. The zero-order valence-electron chi connectivity index (χ0n) is 42.1. The first-order valence-corrected chi connectivity index (χ1v) is 25.3. The van der Waals surface area contributed by atoms with Gasteiger partial charge >= 0.3 is 42.7 Å². The molecule has 0 saturated heterocycles. The first kappa shape index (κ1) is 60.8. The molecule has 0 aliphatic rings. The average molecular weight is 1040 g/mol. The number of hydrogen-bond donors (Lipinski definition) is 2. The molecular weight excluding hydrogens is 984 g/mol. The summed E-state index contributed by atoms with van der Waals surface area (Å²) in [7, 11) is -5.81. The Morgan fingerprint density at radius 2 is 0.865 bits per heavy atom. The SMILES string of the molecule is C#CCN(c1ccc(N(CC(=O)O)S(=O)(=O)c2ccccc2C)c2ccccc12)[C@@H](C)CC(=O)O.C#CCN(c1ccc(N(CC(=O)OC)S(=O)(=O)c2ccccc2C)c2ccccc12)[C@@H](C)CC(=O)OC.[Li+].[OH-]. The number of nitrogens with zero attached hydrogens (tertiary/aromatic N) is 4. The van der Waals surface area contributed by atoms with Crippen LogP contribution in [0, 0.1) is 38.5 Å². The molecule has 0 heterocycles. The maximum absolute atomic E-state index is 13.9. The fourth-order valence-electron chi connectivity index (χ4n) is 8.25. The molecule has 0 amide bonds. The Morgan fingerprint density at radius 1 is 0.527 bits per heavy atom. The Balaban J connectivity index is 0.000000381.